The van der Waals surface area contributed by atoms with Crippen LogP contribution in [-0.4, -0.2) is 38.0 Å². The Hall–Kier alpha value is -1.91. The first-order chi connectivity index (χ1) is 9.08. The number of aromatic nitrogens is 3. The van der Waals surface area contributed by atoms with Crippen LogP contribution in [0.2, 0.25) is 0 Å². The molecule has 1 atom stereocenters. The van der Waals surface area contributed by atoms with Gasteiger partial charge in [0.2, 0.25) is 0 Å². The molecule has 5 nitrogen and oxygen atoms in total. The molecule has 0 aromatic carbocycles. The molecule has 1 saturated heterocycles. The second-order valence-electron chi connectivity index (χ2n) is 5.30. The third kappa shape index (κ3) is 1.89. The molecule has 2 aromatic heterocycles. The molecule has 0 spiro atoms. The van der Waals surface area contributed by atoms with Crippen molar-refractivity contribution in [3.8, 4) is 0 Å². The summed E-state index contributed by atoms with van der Waals surface area (Å²) in [6.45, 7) is 6.80. The van der Waals surface area contributed by atoms with Crippen LogP contribution in [0.3, 0.4) is 0 Å². The van der Waals surface area contributed by atoms with Crippen LogP contribution in [0.1, 0.15) is 41.5 Å². The van der Waals surface area contributed by atoms with E-state index in [0.717, 1.165) is 36.4 Å². The van der Waals surface area contributed by atoms with Crippen molar-refractivity contribution in [2.75, 3.05) is 6.54 Å². The van der Waals surface area contributed by atoms with E-state index in [2.05, 4.69) is 17.0 Å². The number of rotatable bonds is 1. The average molecular weight is 258 g/mol. The number of carbonyl (C=O) groups is 1. The van der Waals surface area contributed by atoms with Gasteiger partial charge < -0.3 is 4.90 Å². The van der Waals surface area contributed by atoms with Gasteiger partial charge in [-0.25, -0.2) is 9.50 Å². The minimum absolute atomic E-state index is 0.0741. The predicted molar refractivity (Wildman–Crippen MR) is 72.2 cm³/mol. The van der Waals surface area contributed by atoms with Crippen molar-refractivity contribution in [3.05, 3.63) is 29.2 Å². The fourth-order valence-corrected chi connectivity index (χ4v) is 2.76. The van der Waals surface area contributed by atoms with Gasteiger partial charge in [-0.15, -0.1) is 0 Å². The Labute approximate surface area is 112 Å². The van der Waals surface area contributed by atoms with Gasteiger partial charge in [-0.3, -0.25) is 4.79 Å². The standard InChI is InChI=1S/C14H18N4O/c1-9-7-13-15-8-12(11(3)18(13)16-9)14(19)17-6-4-5-10(17)2/h7-8,10H,4-6H2,1-3H3. The molecule has 1 unspecified atom stereocenters. The van der Waals surface area contributed by atoms with E-state index in [1.807, 2.05) is 24.8 Å². The van der Waals surface area contributed by atoms with Gasteiger partial charge in [0.1, 0.15) is 0 Å². The van der Waals surface area contributed by atoms with E-state index in [0.29, 0.717) is 11.6 Å². The zero-order valence-electron chi connectivity index (χ0n) is 11.6. The topological polar surface area (TPSA) is 50.5 Å². The van der Waals surface area contributed by atoms with Crippen molar-refractivity contribution in [3.63, 3.8) is 0 Å². The van der Waals surface area contributed by atoms with E-state index >= 15 is 0 Å². The highest BCUT2D eigenvalue weighted by molar-refractivity contribution is 5.95. The van der Waals surface area contributed by atoms with Crippen LogP contribution >= 0.6 is 0 Å². The van der Waals surface area contributed by atoms with Crippen molar-refractivity contribution >= 4 is 11.6 Å². The molecule has 1 fully saturated rings. The lowest BCUT2D eigenvalue weighted by molar-refractivity contribution is 0.0745. The van der Waals surface area contributed by atoms with Gasteiger partial charge in [-0.1, -0.05) is 0 Å². The quantitative estimate of drug-likeness (QED) is 0.785. The highest BCUT2D eigenvalue weighted by Gasteiger charge is 2.27. The molecule has 0 bridgehead atoms. The average Bonchev–Trinajstić information content (AvgIpc) is 2.95. The number of hydrogen-bond donors (Lipinski definition) is 0. The zero-order chi connectivity index (χ0) is 13.6. The summed E-state index contributed by atoms with van der Waals surface area (Å²) in [6, 6.07) is 2.24. The zero-order valence-corrected chi connectivity index (χ0v) is 11.6. The summed E-state index contributed by atoms with van der Waals surface area (Å²) in [6.07, 6.45) is 3.85. The minimum Gasteiger partial charge on any atom is -0.336 e. The Bertz CT molecular complexity index is 646. The van der Waals surface area contributed by atoms with Gasteiger partial charge >= 0.3 is 0 Å². The predicted octanol–water partition coefficient (Wildman–Crippen LogP) is 1.97. The Kier molecular flexibility index (Phi) is 2.77. The Morgan fingerprint density at radius 2 is 2.21 bits per heavy atom. The first-order valence-electron chi connectivity index (χ1n) is 6.71. The molecule has 0 aliphatic carbocycles. The molecule has 1 aliphatic heterocycles. The van der Waals surface area contributed by atoms with Gasteiger partial charge in [-0.05, 0) is 33.6 Å². The van der Waals surface area contributed by atoms with E-state index in [4.69, 9.17) is 0 Å². The van der Waals surface area contributed by atoms with E-state index in [1.165, 1.54) is 0 Å². The number of carbonyl (C=O) groups excluding carboxylic acids is 1. The Morgan fingerprint density at radius 1 is 1.42 bits per heavy atom. The van der Waals surface area contributed by atoms with E-state index in [-0.39, 0.29) is 5.91 Å². The van der Waals surface area contributed by atoms with Crippen LogP contribution in [0.15, 0.2) is 12.3 Å². The van der Waals surface area contributed by atoms with Gasteiger partial charge in [-0.2, -0.15) is 5.10 Å². The molecule has 100 valence electrons. The Balaban J connectivity index is 2.05. The van der Waals surface area contributed by atoms with Crippen LogP contribution < -0.4 is 0 Å². The molecule has 0 saturated carbocycles. The van der Waals surface area contributed by atoms with Crippen molar-refractivity contribution in [1.82, 2.24) is 19.5 Å². The molecule has 1 amide bonds. The van der Waals surface area contributed by atoms with Gasteiger partial charge in [0.05, 0.1) is 17.0 Å². The highest BCUT2D eigenvalue weighted by Crippen LogP contribution is 2.21. The van der Waals surface area contributed by atoms with E-state index in [1.54, 1.807) is 10.7 Å². The smallest absolute Gasteiger partial charge is 0.257 e. The molecule has 3 heterocycles. The number of nitrogens with zero attached hydrogens (tertiary/aromatic N) is 4. The third-order valence-corrected chi connectivity index (χ3v) is 3.89. The SMILES string of the molecule is Cc1cc2ncc(C(=O)N3CCCC3C)c(C)n2n1. The summed E-state index contributed by atoms with van der Waals surface area (Å²) in [5.41, 5.74) is 3.22. The summed E-state index contributed by atoms with van der Waals surface area (Å²) in [5, 5.41) is 4.38. The lowest BCUT2D eigenvalue weighted by Gasteiger charge is -2.22. The normalized spacial score (nSPS) is 19.3. The van der Waals surface area contributed by atoms with Crippen molar-refractivity contribution in [1.29, 1.82) is 0 Å². The van der Waals surface area contributed by atoms with Crippen LogP contribution in [0.5, 0.6) is 0 Å². The summed E-state index contributed by atoms with van der Waals surface area (Å²) in [5.74, 6) is 0.0741. The highest BCUT2D eigenvalue weighted by atomic mass is 16.2. The first kappa shape index (κ1) is 12.1. The molecule has 5 heteroatoms. The molecule has 3 rings (SSSR count). The lowest BCUT2D eigenvalue weighted by atomic mass is 10.2. The second kappa shape index (κ2) is 4.33. The maximum absolute atomic E-state index is 12.6. The molecule has 19 heavy (non-hydrogen) atoms. The van der Waals surface area contributed by atoms with Gasteiger partial charge in [0.15, 0.2) is 5.65 Å². The molecule has 1 aliphatic rings. The number of hydrogen-bond acceptors (Lipinski definition) is 3. The van der Waals surface area contributed by atoms with Crippen molar-refractivity contribution < 1.29 is 4.79 Å². The third-order valence-electron chi connectivity index (χ3n) is 3.89. The number of fused-ring (bicyclic) bond motifs is 1. The largest absolute Gasteiger partial charge is 0.336 e. The molecule has 0 radical (unpaired) electrons. The van der Waals surface area contributed by atoms with Crippen molar-refractivity contribution in [2.24, 2.45) is 0 Å². The van der Waals surface area contributed by atoms with E-state index < -0.39 is 0 Å². The fourth-order valence-electron chi connectivity index (χ4n) is 2.76. The molecular weight excluding hydrogens is 240 g/mol. The first-order valence-corrected chi connectivity index (χ1v) is 6.71. The van der Waals surface area contributed by atoms with Crippen LogP contribution in [-0.2, 0) is 0 Å². The van der Waals surface area contributed by atoms with Crippen molar-refractivity contribution in [2.45, 2.75) is 39.7 Å². The second-order valence-corrected chi connectivity index (χ2v) is 5.30. The minimum atomic E-state index is 0.0741. The maximum atomic E-state index is 12.6. The monoisotopic (exact) mass is 258 g/mol. The number of amides is 1. The maximum Gasteiger partial charge on any atom is 0.257 e. The fraction of sp³-hybridized carbons (Fsp3) is 0.500. The Morgan fingerprint density at radius 3 is 2.89 bits per heavy atom. The van der Waals surface area contributed by atoms with Gasteiger partial charge in [0, 0.05) is 24.8 Å². The molecule has 0 N–H and O–H groups in total. The molecular formula is C14H18N4O. The van der Waals surface area contributed by atoms with Gasteiger partial charge in [0.25, 0.3) is 5.91 Å². The summed E-state index contributed by atoms with van der Waals surface area (Å²) >= 11 is 0. The van der Waals surface area contributed by atoms with Crippen LogP contribution in [0.25, 0.3) is 5.65 Å². The number of aryl methyl sites for hydroxylation is 2. The van der Waals surface area contributed by atoms with Crippen LogP contribution in [0.4, 0.5) is 0 Å². The van der Waals surface area contributed by atoms with Crippen LogP contribution in [0, 0.1) is 13.8 Å². The van der Waals surface area contributed by atoms with E-state index in [9.17, 15) is 4.79 Å². The molecule has 2 aromatic rings. The summed E-state index contributed by atoms with van der Waals surface area (Å²) < 4.78 is 1.75. The number of likely N-dealkylation sites (tertiary alicyclic amines) is 1. The lowest BCUT2D eigenvalue weighted by Crippen LogP contribution is -2.34. The summed E-state index contributed by atoms with van der Waals surface area (Å²) in [4.78, 5) is 18.8. The summed E-state index contributed by atoms with van der Waals surface area (Å²) in [7, 11) is 0.